The van der Waals surface area contributed by atoms with Crippen molar-refractivity contribution in [3.8, 4) is 0 Å². The van der Waals surface area contributed by atoms with Crippen molar-refractivity contribution in [2.45, 2.75) is 21.4 Å². The van der Waals surface area contributed by atoms with E-state index in [1.165, 1.54) is 0 Å². The molecule has 82 valence electrons. The summed E-state index contributed by atoms with van der Waals surface area (Å²) in [7, 11) is -3.39. The molecule has 1 aromatic rings. The first-order valence-corrected chi connectivity index (χ1v) is 6.85. The summed E-state index contributed by atoms with van der Waals surface area (Å²) in [4.78, 5) is 0.282. The molecule has 2 unspecified atom stereocenters. The molecular formula is C10H10Cl2O2S. The highest BCUT2D eigenvalue weighted by Crippen LogP contribution is 2.58. The van der Waals surface area contributed by atoms with Gasteiger partial charge in [-0.2, -0.15) is 0 Å². The number of alkyl halides is 2. The van der Waals surface area contributed by atoms with Crippen LogP contribution in [0, 0.1) is 5.92 Å². The molecule has 5 heteroatoms. The molecular weight excluding hydrogens is 255 g/mol. The van der Waals surface area contributed by atoms with E-state index in [2.05, 4.69) is 0 Å². The maximum Gasteiger partial charge on any atom is 0.184 e. The number of hydrogen-bond acceptors (Lipinski definition) is 2. The first-order valence-electron chi connectivity index (χ1n) is 4.55. The SMILES string of the molecule is CC1C(S(=O)(=O)c2ccccc2)C1(Cl)Cl. The fourth-order valence-corrected chi connectivity index (χ4v) is 5.17. The van der Waals surface area contributed by atoms with Crippen molar-refractivity contribution in [1.29, 1.82) is 0 Å². The second-order valence-electron chi connectivity index (χ2n) is 3.74. The second kappa shape index (κ2) is 3.37. The molecule has 1 aliphatic carbocycles. The van der Waals surface area contributed by atoms with E-state index < -0.39 is 19.4 Å². The molecule has 2 rings (SSSR count). The molecule has 15 heavy (non-hydrogen) atoms. The van der Waals surface area contributed by atoms with Crippen LogP contribution in [0.4, 0.5) is 0 Å². The third kappa shape index (κ3) is 1.67. The minimum atomic E-state index is -3.39. The van der Waals surface area contributed by atoms with Gasteiger partial charge in [0.1, 0.15) is 9.58 Å². The summed E-state index contributed by atoms with van der Waals surface area (Å²) in [5.41, 5.74) is 0. The van der Waals surface area contributed by atoms with E-state index in [1.807, 2.05) is 0 Å². The van der Waals surface area contributed by atoms with Crippen molar-refractivity contribution in [2.75, 3.05) is 0 Å². The third-order valence-corrected chi connectivity index (χ3v) is 6.53. The fourth-order valence-electron chi connectivity index (χ4n) is 1.68. The van der Waals surface area contributed by atoms with Gasteiger partial charge in [0.05, 0.1) is 4.90 Å². The molecule has 1 saturated carbocycles. The van der Waals surface area contributed by atoms with Crippen LogP contribution in [0.1, 0.15) is 6.92 Å². The van der Waals surface area contributed by atoms with Crippen LogP contribution in [0.5, 0.6) is 0 Å². The first kappa shape index (κ1) is 11.2. The largest absolute Gasteiger partial charge is 0.223 e. The molecule has 0 aromatic heterocycles. The topological polar surface area (TPSA) is 34.1 Å². The Labute approximate surface area is 99.1 Å². The van der Waals surface area contributed by atoms with Crippen LogP contribution in [-0.2, 0) is 9.84 Å². The molecule has 0 amide bonds. The number of rotatable bonds is 2. The van der Waals surface area contributed by atoms with E-state index in [0.717, 1.165) is 0 Å². The second-order valence-corrected chi connectivity index (χ2v) is 7.26. The molecule has 1 fully saturated rings. The van der Waals surface area contributed by atoms with Gasteiger partial charge in [0.25, 0.3) is 0 Å². The molecule has 0 bridgehead atoms. The van der Waals surface area contributed by atoms with Gasteiger partial charge in [0.2, 0.25) is 0 Å². The van der Waals surface area contributed by atoms with Gasteiger partial charge < -0.3 is 0 Å². The molecule has 0 heterocycles. The van der Waals surface area contributed by atoms with Crippen LogP contribution in [0.3, 0.4) is 0 Å². The quantitative estimate of drug-likeness (QED) is 0.770. The van der Waals surface area contributed by atoms with Gasteiger partial charge in [-0.05, 0) is 12.1 Å². The highest BCUT2D eigenvalue weighted by Gasteiger charge is 2.67. The van der Waals surface area contributed by atoms with Crippen LogP contribution in [-0.4, -0.2) is 18.0 Å². The summed E-state index contributed by atoms with van der Waals surface area (Å²) in [6.45, 7) is 1.74. The number of sulfone groups is 1. The van der Waals surface area contributed by atoms with Gasteiger partial charge in [-0.15, -0.1) is 0 Å². The fraction of sp³-hybridized carbons (Fsp3) is 0.400. The lowest BCUT2D eigenvalue weighted by Crippen LogP contribution is -2.12. The van der Waals surface area contributed by atoms with Crippen LogP contribution in [0.25, 0.3) is 0 Å². The average molecular weight is 265 g/mol. The van der Waals surface area contributed by atoms with Gasteiger partial charge in [0.15, 0.2) is 9.84 Å². The Bertz CT molecular complexity index is 467. The molecule has 0 N–H and O–H groups in total. The summed E-state index contributed by atoms with van der Waals surface area (Å²) >= 11 is 11.8. The average Bonchev–Trinajstić information content (AvgIpc) is 2.68. The van der Waals surface area contributed by atoms with Crippen LogP contribution in [0.15, 0.2) is 35.2 Å². The molecule has 1 aromatic carbocycles. The molecule has 0 aliphatic heterocycles. The van der Waals surface area contributed by atoms with E-state index in [1.54, 1.807) is 37.3 Å². The van der Waals surface area contributed by atoms with E-state index >= 15 is 0 Å². The lowest BCUT2D eigenvalue weighted by molar-refractivity contribution is 0.593. The highest BCUT2D eigenvalue weighted by atomic mass is 35.5. The van der Waals surface area contributed by atoms with Crippen molar-refractivity contribution in [2.24, 2.45) is 5.92 Å². The molecule has 2 nitrogen and oxygen atoms in total. The Morgan fingerprint density at radius 1 is 1.20 bits per heavy atom. The molecule has 1 aliphatic rings. The van der Waals surface area contributed by atoms with Crippen molar-refractivity contribution in [1.82, 2.24) is 0 Å². The van der Waals surface area contributed by atoms with Gasteiger partial charge in [-0.1, -0.05) is 48.3 Å². The lowest BCUT2D eigenvalue weighted by atomic mass is 10.4. The van der Waals surface area contributed by atoms with Crippen molar-refractivity contribution in [3.63, 3.8) is 0 Å². The Balaban J connectivity index is 2.40. The minimum absolute atomic E-state index is 0.217. The first-order chi connectivity index (χ1) is 6.88. The van der Waals surface area contributed by atoms with Gasteiger partial charge in [-0.3, -0.25) is 0 Å². The Hall–Kier alpha value is -0.250. The summed E-state index contributed by atoms with van der Waals surface area (Å²) < 4.78 is 23.0. The van der Waals surface area contributed by atoms with E-state index in [9.17, 15) is 8.42 Å². The predicted octanol–water partition coefficient (Wildman–Crippen LogP) is 2.65. The number of halogens is 2. The van der Waals surface area contributed by atoms with Crippen molar-refractivity contribution in [3.05, 3.63) is 30.3 Å². The van der Waals surface area contributed by atoms with Crippen LogP contribution in [0.2, 0.25) is 0 Å². The maximum absolute atomic E-state index is 12.1. The van der Waals surface area contributed by atoms with Crippen LogP contribution >= 0.6 is 23.2 Å². The third-order valence-electron chi connectivity index (χ3n) is 2.74. The predicted molar refractivity (Wildman–Crippen MR) is 61.0 cm³/mol. The van der Waals surface area contributed by atoms with E-state index in [-0.39, 0.29) is 10.8 Å². The molecule has 0 spiro atoms. The summed E-state index contributed by atoms with van der Waals surface area (Å²) in [6.07, 6.45) is 0. The van der Waals surface area contributed by atoms with E-state index in [0.29, 0.717) is 0 Å². The minimum Gasteiger partial charge on any atom is -0.223 e. The normalized spacial score (nSPS) is 28.7. The molecule has 2 atom stereocenters. The lowest BCUT2D eigenvalue weighted by Gasteiger charge is -2.03. The Morgan fingerprint density at radius 2 is 1.67 bits per heavy atom. The van der Waals surface area contributed by atoms with Gasteiger partial charge in [-0.25, -0.2) is 8.42 Å². The smallest absolute Gasteiger partial charge is 0.184 e. The monoisotopic (exact) mass is 264 g/mol. The van der Waals surface area contributed by atoms with Crippen molar-refractivity contribution >= 4 is 33.0 Å². The summed E-state index contributed by atoms with van der Waals surface area (Å²) in [5.74, 6) is -0.217. The Kier molecular flexibility index (Phi) is 2.53. The van der Waals surface area contributed by atoms with Crippen LogP contribution < -0.4 is 0 Å². The van der Waals surface area contributed by atoms with Gasteiger partial charge >= 0.3 is 0 Å². The number of hydrogen-bond donors (Lipinski definition) is 0. The molecule has 0 saturated heterocycles. The highest BCUT2D eigenvalue weighted by molar-refractivity contribution is 7.92. The zero-order valence-electron chi connectivity index (χ0n) is 8.02. The molecule has 0 radical (unpaired) electrons. The Morgan fingerprint density at radius 3 is 2.07 bits per heavy atom. The zero-order chi connectivity index (χ0) is 11.3. The van der Waals surface area contributed by atoms with Gasteiger partial charge in [0, 0.05) is 5.92 Å². The zero-order valence-corrected chi connectivity index (χ0v) is 10.4. The maximum atomic E-state index is 12.1. The van der Waals surface area contributed by atoms with Crippen molar-refractivity contribution < 1.29 is 8.42 Å². The summed E-state index contributed by atoms with van der Waals surface area (Å²) in [5, 5.41) is -0.685. The summed E-state index contributed by atoms with van der Waals surface area (Å²) in [6, 6.07) is 8.26. The van der Waals surface area contributed by atoms with E-state index in [4.69, 9.17) is 23.2 Å². The standard InChI is InChI=1S/C10H10Cl2O2S/c1-7-9(10(7,11)12)15(13,14)8-5-3-2-4-6-8/h2-7,9H,1H3. The number of benzene rings is 1.